The molecule has 0 spiro atoms. The van der Waals surface area contributed by atoms with Crippen LogP contribution in [0.25, 0.3) is 0 Å². The normalized spacial score (nSPS) is 22.8. The van der Waals surface area contributed by atoms with Gasteiger partial charge in [-0.25, -0.2) is 0 Å². The summed E-state index contributed by atoms with van der Waals surface area (Å²) in [5.41, 5.74) is 2.18. The predicted molar refractivity (Wildman–Crippen MR) is 79.0 cm³/mol. The maximum atomic E-state index is 9.38. The summed E-state index contributed by atoms with van der Waals surface area (Å²) in [4.78, 5) is 2.32. The SMILES string of the molecule is COc1ccc(C)cc1CN1CC(CO)OC(C)(C)C1. The molecule has 1 N–H and O–H groups in total. The molecule has 1 aromatic rings. The van der Waals surface area contributed by atoms with Crippen LogP contribution in [0.1, 0.15) is 25.0 Å². The molecular formula is C16H25NO3. The molecule has 1 heterocycles. The van der Waals surface area contributed by atoms with Gasteiger partial charge in [-0.1, -0.05) is 17.7 Å². The summed E-state index contributed by atoms with van der Waals surface area (Å²) in [6.45, 7) is 8.68. The lowest BCUT2D eigenvalue weighted by atomic mass is 10.0. The van der Waals surface area contributed by atoms with E-state index in [0.717, 1.165) is 25.4 Å². The van der Waals surface area contributed by atoms with Gasteiger partial charge in [0, 0.05) is 25.2 Å². The summed E-state index contributed by atoms with van der Waals surface area (Å²) >= 11 is 0. The molecule has 1 aliphatic rings. The summed E-state index contributed by atoms with van der Waals surface area (Å²) < 4.78 is 11.3. The molecule has 1 saturated heterocycles. The van der Waals surface area contributed by atoms with Crippen molar-refractivity contribution in [3.63, 3.8) is 0 Å². The number of rotatable bonds is 4. The van der Waals surface area contributed by atoms with Crippen LogP contribution in [-0.4, -0.2) is 48.5 Å². The first-order valence-electron chi connectivity index (χ1n) is 7.08. The Labute approximate surface area is 121 Å². The Hall–Kier alpha value is -1.10. The van der Waals surface area contributed by atoms with Gasteiger partial charge >= 0.3 is 0 Å². The van der Waals surface area contributed by atoms with Gasteiger partial charge in [-0.2, -0.15) is 0 Å². The molecule has 2 rings (SSSR count). The fourth-order valence-corrected chi connectivity index (χ4v) is 2.90. The number of hydrogen-bond acceptors (Lipinski definition) is 4. The molecule has 1 aromatic carbocycles. The molecule has 4 nitrogen and oxygen atoms in total. The highest BCUT2D eigenvalue weighted by molar-refractivity contribution is 5.36. The first-order chi connectivity index (χ1) is 9.43. The van der Waals surface area contributed by atoms with Crippen LogP contribution in [0.2, 0.25) is 0 Å². The fourth-order valence-electron chi connectivity index (χ4n) is 2.90. The first kappa shape index (κ1) is 15.3. The van der Waals surface area contributed by atoms with Crippen LogP contribution in [0.15, 0.2) is 18.2 Å². The second kappa shape index (κ2) is 6.12. The highest BCUT2D eigenvalue weighted by Crippen LogP contribution is 2.26. The zero-order valence-electron chi connectivity index (χ0n) is 12.8. The van der Waals surface area contributed by atoms with Gasteiger partial charge in [-0.15, -0.1) is 0 Å². The number of aliphatic hydroxyl groups excluding tert-OH is 1. The maximum Gasteiger partial charge on any atom is 0.123 e. The standard InChI is InChI=1S/C16H25NO3/c1-12-5-6-15(19-4)13(7-12)8-17-9-14(10-18)20-16(2,3)11-17/h5-7,14,18H,8-11H2,1-4H3. The predicted octanol–water partition coefficient (Wildman–Crippen LogP) is 1.98. The lowest BCUT2D eigenvalue weighted by Crippen LogP contribution is -2.53. The van der Waals surface area contributed by atoms with Crippen LogP contribution < -0.4 is 4.74 Å². The quantitative estimate of drug-likeness (QED) is 0.915. The topological polar surface area (TPSA) is 41.9 Å². The average Bonchev–Trinajstić information content (AvgIpc) is 2.37. The molecule has 1 aliphatic heterocycles. The Morgan fingerprint density at radius 3 is 2.85 bits per heavy atom. The number of morpholine rings is 1. The Morgan fingerprint density at radius 2 is 2.20 bits per heavy atom. The van der Waals surface area contributed by atoms with Crippen molar-refractivity contribution in [1.29, 1.82) is 0 Å². The smallest absolute Gasteiger partial charge is 0.123 e. The van der Waals surface area contributed by atoms with Gasteiger partial charge in [0.05, 0.1) is 25.4 Å². The number of hydrogen-bond donors (Lipinski definition) is 1. The monoisotopic (exact) mass is 279 g/mol. The second-order valence-corrected chi connectivity index (χ2v) is 6.17. The Morgan fingerprint density at radius 1 is 1.45 bits per heavy atom. The number of benzene rings is 1. The zero-order valence-corrected chi connectivity index (χ0v) is 12.8. The van der Waals surface area contributed by atoms with Gasteiger partial charge in [0.25, 0.3) is 0 Å². The third kappa shape index (κ3) is 3.72. The van der Waals surface area contributed by atoms with E-state index in [2.05, 4.69) is 37.8 Å². The lowest BCUT2D eigenvalue weighted by molar-refractivity contribution is -0.150. The molecule has 4 heteroatoms. The van der Waals surface area contributed by atoms with Crippen LogP contribution in [0, 0.1) is 6.92 Å². The van der Waals surface area contributed by atoms with Gasteiger partial charge < -0.3 is 14.6 Å². The molecule has 0 saturated carbocycles. The van der Waals surface area contributed by atoms with Crippen molar-refractivity contribution in [1.82, 2.24) is 4.90 Å². The molecule has 20 heavy (non-hydrogen) atoms. The second-order valence-electron chi connectivity index (χ2n) is 6.17. The van der Waals surface area contributed by atoms with Crippen LogP contribution in [0.5, 0.6) is 5.75 Å². The highest BCUT2D eigenvalue weighted by atomic mass is 16.5. The minimum Gasteiger partial charge on any atom is -0.496 e. The van der Waals surface area contributed by atoms with E-state index >= 15 is 0 Å². The molecule has 0 aliphatic carbocycles. The molecule has 1 fully saturated rings. The van der Waals surface area contributed by atoms with E-state index in [1.165, 1.54) is 11.1 Å². The summed E-state index contributed by atoms with van der Waals surface area (Å²) in [5.74, 6) is 0.917. The van der Waals surface area contributed by atoms with Gasteiger partial charge in [-0.3, -0.25) is 4.90 Å². The van der Waals surface area contributed by atoms with Crippen molar-refractivity contribution < 1.29 is 14.6 Å². The average molecular weight is 279 g/mol. The third-order valence-corrected chi connectivity index (χ3v) is 3.59. The van der Waals surface area contributed by atoms with E-state index < -0.39 is 0 Å². The molecule has 1 atom stereocenters. The molecule has 112 valence electrons. The Balaban J connectivity index is 2.14. The van der Waals surface area contributed by atoms with Gasteiger partial charge in [0.15, 0.2) is 0 Å². The van der Waals surface area contributed by atoms with Crippen molar-refractivity contribution in [2.45, 2.75) is 39.0 Å². The van der Waals surface area contributed by atoms with Crippen molar-refractivity contribution in [2.75, 3.05) is 26.8 Å². The van der Waals surface area contributed by atoms with Crippen LogP contribution in [0.4, 0.5) is 0 Å². The number of nitrogens with zero attached hydrogens (tertiary/aromatic N) is 1. The van der Waals surface area contributed by atoms with Crippen LogP contribution in [0.3, 0.4) is 0 Å². The molecule has 1 unspecified atom stereocenters. The highest BCUT2D eigenvalue weighted by Gasteiger charge is 2.33. The number of aryl methyl sites for hydroxylation is 1. The number of ether oxygens (including phenoxy) is 2. The third-order valence-electron chi connectivity index (χ3n) is 3.59. The van der Waals surface area contributed by atoms with Gasteiger partial charge in [0.1, 0.15) is 5.75 Å². The number of methoxy groups -OCH3 is 1. The Bertz CT molecular complexity index is 459. The maximum absolute atomic E-state index is 9.38. The van der Waals surface area contributed by atoms with E-state index in [1.807, 2.05) is 6.07 Å². The van der Waals surface area contributed by atoms with Crippen molar-refractivity contribution in [2.24, 2.45) is 0 Å². The van der Waals surface area contributed by atoms with Crippen molar-refractivity contribution >= 4 is 0 Å². The zero-order chi connectivity index (χ0) is 14.8. The first-order valence-corrected chi connectivity index (χ1v) is 7.08. The molecule has 0 radical (unpaired) electrons. The molecular weight excluding hydrogens is 254 g/mol. The summed E-state index contributed by atoms with van der Waals surface area (Å²) in [6, 6.07) is 6.23. The van der Waals surface area contributed by atoms with E-state index in [-0.39, 0.29) is 18.3 Å². The summed E-state index contributed by atoms with van der Waals surface area (Å²) in [6.07, 6.45) is -0.116. The van der Waals surface area contributed by atoms with E-state index in [0.29, 0.717) is 0 Å². The van der Waals surface area contributed by atoms with E-state index in [4.69, 9.17) is 9.47 Å². The largest absolute Gasteiger partial charge is 0.496 e. The summed E-state index contributed by atoms with van der Waals surface area (Å²) in [7, 11) is 1.70. The minimum absolute atomic E-state index is 0.0604. The van der Waals surface area contributed by atoms with E-state index in [9.17, 15) is 5.11 Å². The molecule has 0 aromatic heterocycles. The number of aliphatic hydroxyl groups is 1. The van der Waals surface area contributed by atoms with Crippen molar-refractivity contribution in [3.05, 3.63) is 29.3 Å². The van der Waals surface area contributed by atoms with Crippen LogP contribution >= 0.6 is 0 Å². The lowest BCUT2D eigenvalue weighted by Gasteiger charge is -2.42. The van der Waals surface area contributed by atoms with Gasteiger partial charge in [-0.05, 0) is 26.8 Å². The Kier molecular flexibility index (Phi) is 4.68. The minimum atomic E-state index is -0.233. The fraction of sp³-hybridized carbons (Fsp3) is 0.625. The summed E-state index contributed by atoms with van der Waals surface area (Å²) in [5, 5.41) is 9.38. The van der Waals surface area contributed by atoms with E-state index in [1.54, 1.807) is 7.11 Å². The molecule has 0 amide bonds. The molecule has 0 bridgehead atoms. The van der Waals surface area contributed by atoms with Crippen LogP contribution in [-0.2, 0) is 11.3 Å². The van der Waals surface area contributed by atoms with Crippen molar-refractivity contribution in [3.8, 4) is 5.75 Å². The van der Waals surface area contributed by atoms with Gasteiger partial charge in [0.2, 0.25) is 0 Å².